The van der Waals surface area contributed by atoms with Gasteiger partial charge in [-0.05, 0) is 75.7 Å². The molecule has 1 aromatic carbocycles. The first kappa shape index (κ1) is 31.5. The molecule has 8 atom stereocenters. The minimum absolute atomic E-state index is 0.0933. The molecular formula is C33H38FNO10. The molecule has 1 saturated heterocycles. The molecule has 3 saturated carbocycles. The van der Waals surface area contributed by atoms with Crippen LogP contribution in [-0.2, 0) is 46.5 Å². The Balaban J connectivity index is 1.24. The Morgan fingerprint density at radius 1 is 1.18 bits per heavy atom. The largest absolute Gasteiger partial charge is 0.457 e. The number of hydrogen-bond donors (Lipinski definition) is 1. The third kappa shape index (κ3) is 4.67. The summed E-state index contributed by atoms with van der Waals surface area (Å²) in [6.45, 7) is 6.08. The third-order valence-corrected chi connectivity index (χ3v) is 11.1. The van der Waals surface area contributed by atoms with E-state index < -0.39 is 75.4 Å². The van der Waals surface area contributed by atoms with Crippen molar-refractivity contribution in [2.24, 2.45) is 22.7 Å². The summed E-state index contributed by atoms with van der Waals surface area (Å²) >= 11 is 0. The van der Waals surface area contributed by atoms with Crippen molar-refractivity contribution < 1.29 is 48.0 Å². The van der Waals surface area contributed by atoms with Crippen molar-refractivity contribution in [3.05, 3.63) is 69.3 Å². The fraction of sp³-hybridized carbons (Fsp3) is 0.606. The summed E-state index contributed by atoms with van der Waals surface area (Å²) in [4.78, 5) is 54.1. The molecule has 1 aromatic rings. The number of nitrogens with zero attached hydrogens (tertiary/aromatic N) is 1. The Morgan fingerprint density at radius 2 is 1.91 bits per heavy atom. The minimum Gasteiger partial charge on any atom is -0.457 e. The predicted octanol–water partition coefficient (Wildman–Crippen LogP) is 3.92. The maximum atomic E-state index is 17.6. The number of carbonyl (C=O) groups excluding carboxylic acids is 3. The molecule has 0 amide bonds. The molecule has 0 radical (unpaired) electrons. The highest BCUT2D eigenvalue weighted by Crippen LogP contribution is 2.72. The number of halogens is 1. The molecule has 4 aliphatic carbocycles. The number of aliphatic hydroxyl groups is 1. The van der Waals surface area contributed by atoms with E-state index in [0.717, 1.165) is 0 Å². The highest BCUT2D eigenvalue weighted by Gasteiger charge is 2.80. The normalized spacial score (nSPS) is 39.2. The van der Waals surface area contributed by atoms with Crippen LogP contribution in [0.1, 0.15) is 64.5 Å². The molecular weight excluding hydrogens is 589 g/mol. The molecule has 1 heterocycles. The molecule has 12 heteroatoms. The van der Waals surface area contributed by atoms with Crippen LogP contribution in [0.2, 0.25) is 0 Å². The van der Waals surface area contributed by atoms with Crippen LogP contribution >= 0.6 is 0 Å². The van der Waals surface area contributed by atoms with Crippen molar-refractivity contribution in [2.45, 2.75) is 95.7 Å². The number of Topliss-reactive ketones (excluding diaryl/α,β-unsaturated/α-hetero) is 1. The average molecular weight is 628 g/mol. The molecule has 242 valence electrons. The summed E-state index contributed by atoms with van der Waals surface area (Å²) in [5.41, 5.74) is -4.23. The van der Waals surface area contributed by atoms with Gasteiger partial charge in [0.05, 0.1) is 18.6 Å². The number of benzene rings is 1. The molecule has 11 nitrogen and oxygen atoms in total. The van der Waals surface area contributed by atoms with Crippen LogP contribution in [0.5, 0.6) is 0 Å². The molecule has 4 fully saturated rings. The summed E-state index contributed by atoms with van der Waals surface area (Å²) in [6, 6.07) is 6.49. The maximum absolute atomic E-state index is 17.6. The lowest BCUT2D eigenvalue weighted by Crippen LogP contribution is -2.70. The van der Waals surface area contributed by atoms with Gasteiger partial charge in [0, 0.05) is 16.7 Å². The highest BCUT2D eigenvalue weighted by molar-refractivity contribution is 6.01. The van der Waals surface area contributed by atoms with Crippen LogP contribution in [0.25, 0.3) is 0 Å². The van der Waals surface area contributed by atoms with Crippen molar-refractivity contribution >= 4 is 17.5 Å². The molecule has 0 aromatic heterocycles. The molecule has 45 heavy (non-hydrogen) atoms. The number of carbonyl (C=O) groups is 3. The fourth-order valence-corrected chi connectivity index (χ4v) is 9.24. The van der Waals surface area contributed by atoms with Gasteiger partial charge in [0.15, 0.2) is 29.4 Å². The standard InChI is InChI=1S/C33H38FNO10/c1-29(2)44-27-15-24-23-9-8-21-14-22(36)10-11-30(21,3)32(23,34)25(37)16-31(24,4)33(27,45-29)26(38)18-42-28(39)13-19-6-5-7-20(12-19)17-43-35(40)41/h5-7,10-12,14,23-25,27,37H,8-9,13,15-18H2,1-4H3/t23?,24?,25-,27+,30-,31-,32-,33+/m0/s1. The van der Waals surface area contributed by atoms with E-state index >= 15 is 4.39 Å². The molecule has 2 unspecified atom stereocenters. The Bertz CT molecular complexity index is 1520. The van der Waals surface area contributed by atoms with Crippen LogP contribution in [0.3, 0.4) is 0 Å². The number of rotatable bonds is 8. The first-order valence-electron chi connectivity index (χ1n) is 15.3. The van der Waals surface area contributed by atoms with Gasteiger partial charge in [0.1, 0.15) is 6.61 Å². The second kappa shape index (κ2) is 10.5. The van der Waals surface area contributed by atoms with Crippen molar-refractivity contribution in [3.63, 3.8) is 0 Å². The molecule has 0 spiro atoms. The van der Waals surface area contributed by atoms with Crippen molar-refractivity contribution in [1.29, 1.82) is 0 Å². The van der Waals surface area contributed by atoms with E-state index in [0.29, 0.717) is 36.0 Å². The zero-order valence-corrected chi connectivity index (χ0v) is 25.7. The Kier molecular flexibility index (Phi) is 7.37. The van der Waals surface area contributed by atoms with Gasteiger partial charge in [-0.15, -0.1) is 10.1 Å². The van der Waals surface area contributed by atoms with Crippen molar-refractivity contribution in [3.8, 4) is 0 Å². The summed E-state index contributed by atoms with van der Waals surface area (Å²) < 4.78 is 35.8. The molecule has 5 aliphatic rings. The van der Waals surface area contributed by atoms with Gasteiger partial charge in [0.25, 0.3) is 5.09 Å². The van der Waals surface area contributed by atoms with Gasteiger partial charge in [-0.25, -0.2) is 4.39 Å². The van der Waals surface area contributed by atoms with E-state index in [1.54, 1.807) is 51.1 Å². The van der Waals surface area contributed by atoms with E-state index in [4.69, 9.17) is 14.2 Å². The number of alkyl halides is 1. The van der Waals surface area contributed by atoms with E-state index in [2.05, 4.69) is 4.84 Å². The first-order valence-corrected chi connectivity index (χ1v) is 15.3. The van der Waals surface area contributed by atoms with Gasteiger partial charge < -0.3 is 24.2 Å². The Labute approximate surface area is 259 Å². The summed E-state index contributed by atoms with van der Waals surface area (Å²) in [5.74, 6) is -3.61. The molecule has 1 aliphatic heterocycles. The number of ketones is 2. The Morgan fingerprint density at radius 3 is 2.64 bits per heavy atom. The van der Waals surface area contributed by atoms with Crippen LogP contribution in [0, 0.1) is 32.8 Å². The highest BCUT2D eigenvalue weighted by atomic mass is 19.1. The maximum Gasteiger partial charge on any atom is 0.310 e. The fourth-order valence-electron chi connectivity index (χ4n) is 9.24. The van der Waals surface area contributed by atoms with E-state index in [1.807, 2.05) is 6.92 Å². The average Bonchev–Trinajstić information content (AvgIpc) is 3.37. The number of esters is 1. The number of ether oxygens (including phenoxy) is 3. The van der Waals surface area contributed by atoms with Gasteiger partial charge >= 0.3 is 5.97 Å². The monoisotopic (exact) mass is 627 g/mol. The predicted molar refractivity (Wildman–Crippen MR) is 154 cm³/mol. The van der Waals surface area contributed by atoms with Gasteiger partial charge in [-0.1, -0.05) is 42.8 Å². The number of allylic oxidation sites excluding steroid dienone is 4. The quantitative estimate of drug-likeness (QED) is 0.255. The second-order valence-corrected chi connectivity index (χ2v) is 13.9. The number of hydrogen-bond acceptors (Lipinski definition) is 10. The third-order valence-electron chi connectivity index (χ3n) is 11.1. The Hall–Kier alpha value is -3.48. The molecule has 6 rings (SSSR count). The van der Waals surface area contributed by atoms with E-state index in [1.165, 1.54) is 12.2 Å². The van der Waals surface area contributed by atoms with E-state index in [9.17, 15) is 29.6 Å². The van der Waals surface area contributed by atoms with Crippen LogP contribution < -0.4 is 0 Å². The van der Waals surface area contributed by atoms with Gasteiger partial charge in [0.2, 0.25) is 5.78 Å². The van der Waals surface area contributed by atoms with Crippen LogP contribution in [0.15, 0.2) is 48.1 Å². The summed E-state index contributed by atoms with van der Waals surface area (Å²) in [6.07, 6.45) is 3.11. The van der Waals surface area contributed by atoms with Crippen LogP contribution in [0.4, 0.5) is 4.39 Å². The minimum atomic E-state index is -2.08. The smallest absolute Gasteiger partial charge is 0.310 e. The first-order chi connectivity index (χ1) is 21.1. The molecule has 0 bridgehead atoms. The summed E-state index contributed by atoms with van der Waals surface area (Å²) in [5, 5.41) is 21.3. The SMILES string of the molecule is CC1(C)O[C@@H]2CC3C4CCC5=CC(=O)C=C[C@]5(C)[C@@]4(F)[C@@H](O)C[C@]3(C)[C@]2(C(=O)COC(=O)Cc2cccc(CO[N+](=O)[O-])c2)O1. The van der Waals surface area contributed by atoms with Gasteiger partial charge in [-0.2, -0.15) is 0 Å². The van der Waals surface area contributed by atoms with Crippen LogP contribution in [-0.4, -0.2) is 63.6 Å². The zero-order valence-electron chi connectivity index (χ0n) is 25.7. The summed E-state index contributed by atoms with van der Waals surface area (Å²) in [7, 11) is 0. The molecule has 1 N–H and O–H groups in total. The van der Waals surface area contributed by atoms with E-state index in [-0.39, 0.29) is 25.2 Å². The van der Waals surface area contributed by atoms with Gasteiger partial charge in [-0.3, -0.25) is 14.4 Å². The lowest BCUT2D eigenvalue weighted by Gasteiger charge is -2.62. The zero-order chi connectivity index (χ0) is 32.6. The lowest BCUT2D eigenvalue weighted by molar-refractivity contribution is -0.763. The van der Waals surface area contributed by atoms with Crippen molar-refractivity contribution in [2.75, 3.05) is 6.61 Å². The lowest BCUT2D eigenvalue weighted by atomic mass is 9.44. The number of fused-ring (bicyclic) bond motifs is 7. The second-order valence-electron chi connectivity index (χ2n) is 13.9. The topological polar surface area (TPSA) is 152 Å². The number of aliphatic hydroxyl groups excluding tert-OH is 1. The van der Waals surface area contributed by atoms with Crippen molar-refractivity contribution in [1.82, 2.24) is 0 Å².